The molecule has 2 aromatic carbocycles. The number of thiophene rings is 1. The number of esters is 1. The Morgan fingerprint density at radius 1 is 0.917 bits per heavy atom. The molecule has 2 saturated carbocycles. The summed E-state index contributed by atoms with van der Waals surface area (Å²) < 4.78 is 10.9. The average molecular weight is 504 g/mol. The van der Waals surface area contributed by atoms with Crippen LogP contribution in [-0.4, -0.2) is 32.1 Å². The smallest absolute Gasteiger partial charge is 0.308 e. The van der Waals surface area contributed by atoms with Crippen LogP contribution < -0.4 is 5.32 Å². The Hall–Kier alpha value is -2.96. The van der Waals surface area contributed by atoms with Crippen LogP contribution in [0, 0.1) is 25.2 Å². The highest BCUT2D eigenvalue weighted by Crippen LogP contribution is 2.59. The van der Waals surface area contributed by atoms with Crippen LogP contribution in [0.5, 0.6) is 0 Å². The Labute approximate surface area is 216 Å². The first-order valence-electron chi connectivity index (χ1n) is 12.5. The first-order chi connectivity index (χ1) is 17.3. The molecule has 2 fully saturated rings. The van der Waals surface area contributed by atoms with Gasteiger partial charge in [-0.3, -0.25) is 9.59 Å². The third-order valence-electron chi connectivity index (χ3n) is 7.94. The molecule has 5 rings (SSSR count). The molecule has 2 aliphatic carbocycles. The molecule has 2 aliphatic rings. The van der Waals surface area contributed by atoms with Crippen molar-refractivity contribution in [1.29, 1.82) is 0 Å². The summed E-state index contributed by atoms with van der Waals surface area (Å²) in [6.45, 7) is 4.07. The van der Waals surface area contributed by atoms with Gasteiger partial charge in [-0.1, -0.05) is 54.6 Å². The van der Waals surface area contributed by atoms with Crippen molar-refractivity contribution >= 4 is 23.2 Å². The van der Waals surface area contributed by atoms with E-state index >= 15 is 0 Å². The second-order valence-electron chi connectivity index (χ2n) is 10.3. The summed E-state index contributed by atoms with van der Waals surface area (Å²) in [6, 6.07) is 18.8. The van der Waals surface area contributed by atoms with Gasteiger partial charge in [-0.05, 0) is 61.6 Å². The predicted molar refractivity (Wildman–Crippen MR) is 142 cm³/mol. The molecule has 36 heavy (non-hydrogen) atoms. The Bertz CT molecular complexity index is 1250. The molecule has 3 aromatic rings. The van der Waals surface area contributed by atoms with E-state index in [-0.39, 0.29) is 35.4 Å². The molecule has 1 atom stereocenters. The fraction of sp³-hybridized carbons (Fsp3) is 0.400. The molecule has 0 radical (unpaired) electrons. The number of carbonyl (C=O) groups excluding carboxylic acids is 2. The standard InChI is InChI=1S/C30H33NO4S/c1-18-25(27(34-3)22-12-10-21(11-13-22)20-8-6-5-7-9-20)26(19(2)36-18)28(32)31-24-16-30(17-24)14-23(15-30)29(33)35-4/h5-13,23-24,27H,14-17H2,1-4H3,(H,31,32). The molecule has 0 aliphatic heterocycles. The van der Waals surface area contributed by atoms with E-state index in [0.29, 0.717) is 0 Å². The van der Waals surface area contributed by atoms with E-state index in [1.807, 2.05) is 25.1 Å². The van der Waals surface area contributed by atoms with Crippen LogP contribution in [0.3, 0.4) is 0 Å². The lowest BCUT2D eigenvalue weighted by atomic mass is 9.50. The second-order valence-corrected chi connectivity index (χ2v) is 11.7. The number of aryl methyl sites for hydroxylation is 2. The molecular weight excluding hydrogens is 470 g/mol. The summed E-state index contributed by atoms with van der Waals surface area (Å²) in [6.07, 6.45) is 3.29. The summed E-state index contributed by atoms with van der Waals surface area (Å²) in [5.41, 5.74) is 5.23. The van der Waals surface area contributed by atoms with Crippen molar-refractivity contribution in [1.82, 2.24) is 5.32 Å². The predicted octanol–water partition coefficient (Wildman–Crippen LogP) is 6.23. The zero-order chi connectivity index (χ0) is 25.4. The number of benzene rings is 2. The molecule has 1 spiro atoms. The zero-order valence-corrected chi connectivity index (χ0v) is 22.1. The van der Waals surface area contributed by atoms with Crippen LogP contribution in [0.2, 0.25) is 0 Å². The lowest BCUT2D eigenvalue weighted by Crippen LogP contribution is -2.57. The van der Waals surface area contributed by atoms with Crippen molar-refractivity contribution < 1.29 is 19.1 Å². The minimum atomic E-state index is -0.319. The SMILES string of the molecule is COC(=O)C1CC2(CC(NC(=O)c3c(C)sc(C)c3C(OC)c3ccc(-c4ccccc4)cc3)C2)C1. The Morgan fingerprint density at radius 3 is 2.17 bits per heavy atom. The number of amides is 1. The Balaban J connectivity index is 1.31. The number of ether oxygens (including phenoxy) is 2. The van der Waals surface area contributed by atoms with E-state index in [9.17, 15) is 9.59 Å². The first kappa shape index (κ1) is 24.7. The lowest BCUT2D eigenvalue weighted by Gasteiger charge is -2.56. The normalized spacial score (nSPS) is 23.4. The van der Waals surface area contributed by atoms with Crippen molar-refractivity contribution in [2.75, 3.05) is 14.2 Å². The molecule has 5 nitrogen and oxygen atoms in total. The van der Waals surface area contributed by atoms with Gasteiger partial charge in [0.05, 0.1) is 18.6 Å². The molecule has 0 bridgehead atoms. The van der Waals surface area contributed by atoms with E-state index in [1.165, 1.54) is 12.7 Å². The van der Waals surface area contributed by atoms with Crippen LogP contribution in [0.4, 0.5) is 0 Å². The van der Waals surface area contributed by atoms with Crippen LogP contribution in [0.15, 0.2) is 54.6 Å². The number of methoxy groups -OCH3 is 2. The summed E-state index contributed by atoms with van der Waals surface area (Å²) >= 11 is 1.64. The largest absolute Gasteiger partial charge is 0.469 e. The third-order valence-corrected chi connectivity index (χ3v) is 8.98. The highest BCUT2D eigenvalue weighted by Gasteiger charge is 2.55. The fourth-order valence-electron chi connectivity index (χ4n) is 6.20. The molecule has 1 aromatic heterocycles. The Kier molecular flexibility index (Phi) is 6.75. The quantitative estimate of drug-likeness (QED) is 0.388. The monoisotopic (exact) mass is 503 g/mol. The van der Waals surface area contributed by atoms with E-state index in [2.05, 4.69) is 48.6 Å². The maximum absolute atomic E-state index is 13.5. The number of nitrogens with one attached hydrogen (secondary N) is 1. The fourth-order valence-corrected chi connectivity index (χ4v) is 7.28. The maximum Gasteiger partial charge on any atom is 0.308 e. The number of hydrogen-bond donors (Lipinski definition) is 1. The summed E-state index contributed by atoms with van der Waals surface area (Å²) in [5.74, 6) is -0.112. The van der Waals surface area contributed by atoms with Crippen LogP contribution >= 0.6 is 11.3 Å². The van der Waals surface area contributed by atoms with Gasteiger partial charge in [0.2, 0.25) is 0 Å². The number of rotatable bonds is 7. The van der Waals surface area contributed by atoms with Gasteiger partial charge in [0, 0.05) is 28.5 Å². The van der Waals surface area contributed by atoms with Crippen molar-refractivity contribution in [3.05, 3.63) is 81.0 Å². The van der Waals surface area contributed by atoms with Crippen molar-refractivity contribution in [3.63, 3.8) is 0 Å². The molecule has 1 N–H and O–H groups in total. The van der Waals surface area contributed by atoms with Crippen LogP contribution in [0.25, 0.3) is 11.1 Å². The highest BCUT2D eigenvalue weighted by atomic mass is 32.1. The van der Waals surface area contributed by atoms with Gasteiger partial charge in [-0.2, -0.15) is 0 Å². The molecule has 0 saturated heterocycles. The zero-order valence-electron chi connectivity index (χ0n) is 21.3. The van der Waals surface area contributed by atoms with E-state index in [1.54, 1.807) is 18.4 Å². The minimum Gasteiger partial charge on any atom is -0.469 e. The van der Waals surface area contributed by atoms with Gasteiger partial charge < -0.3 is 14.8 Å². The van der Waals surface area contributed by atoms with Gasteiger partial charge in [-0.25, -0.2) is 0 Å². The molecule has 6 heteroatoms. The van der Waals surface area contributed by atoms with Gasteiger partial charge in [0.25, 0.3) is 5.91 Å². The van der Waals surface area contributed by atoms with Crippen LogP contribution in [0.1, 0.15) is 63.0 Å². The summed E-state index contributed by atoms with van der Waals surface area (Å²) in [7, 11) is 3.15. The third kappa shape index (κ3) is 4.48. The second kappa shape index (κ2) is 9.83. The van der Waals surface area contributed by atoms with E-state index in [4.69, 9.17) is 9.47 Å². The van der Waals surface area contributed by atoms with E-state index < -0.39 is 0 Å². The van der Waals surface area contributed by atoms with Crippen molar-refractivity contribution in [3.8, 4) is 11.1 Å². The molecule has 1 unspecified atom stereocenters. The first-order valence-corrected chi connectivity index (χ1v) is 13.3. The van der Waals surface area contributed by atoms with Gasteiger partial charge in [0.15, 0.2) is 0 Å². The number of carbonyl (C=O) groups is 2. The summed E-state index contributed by atoms with van der Waals surface area (Å²) in [4.78, 5) is 27.3. The Morgan fingerprint density at radius 2 is 1.56 bits per heavy atom. The molecule has 188 valence electrons. The van der Waals surface area contributed by atoms with Gasteiger partial charge in [0.1, 0.15) is 6.10 Å². The van der Waals surface area contributed by atoms with Gasteiger partial charge in [-0.15, -0.1) is 11.3 Å². The number of hydrogen-bond acceptors (Lipinski definition) is 5. The van der Waals surface area contributed by atoms with Crippen LogP contribution in [-0.2, 0) is 14.3 Å². The topological polar surface area (TPSA) is 64.6 Å². The highest BCUT2D eigenvalue weighted by molar-refractivity contribution is 7.12. The van der Waals surface area contributed by atoms with Gasteiger partial charge >= 0.3 is 5.97 Å². The molecule has 1 heterocycles. The molecular formula is C30H33NO4S. The molecule has 1 amide bonds. The van der Waals surface area contributed by atoms with Crippen molar-refractivity contribution in [2.45, 2.75) is 51.7 Å². The van der Waals surface area contributed by atoms with Crippen molar-refractivity contribution in [2.24, 2.45) is 11.3 Å². The summed E-state index contributed by atoms with van der Waals surface area (Å²) in [5, 5.41) is 3.27. The lowest BCUT2D eigenvalue weighted by molar-refractivity contribution is -0.159. The minimum absolute atomic E-state index is 0.0239. The average Bonchev–Trinajstić information content (AvgIpc) is 3.14. The van der Waals surface area contributed by atoms with E-state index in [0.717, 1.165) is 57.7 Å². The maximum atomic E-state index is 13.5.